The van der Waals surface area contributed by atoms with E-state index in [0.29, 0.717) is 33.3 Å². The number of nitrogens with one attached hydrogen (secondary N) is 1. The fraction of sp³-hybridized carbons (Fsp3) is 0.190. The minimum absolute atomic E-state index is 0.131. The molecule has 6 nitrogen and oxygen atoms in total. The lowest BCUT2D eigenvalue weighted by molar-refractivity contribution is -0.113. The SMILES string of the molecule is C=CCn1c(SCC(=O)Nc2cc(Cl)ccc2Cl)nnc1C(C)Oc1ccccc1. The summed E-state index contributed by atoms with van der Waals surface area (Å²) in [5.41, 5.74) is 0.466. The molecule has 0 fully saturated rings. The Morgan fingerprint density at radius 2 is 2.03 bits per heavy atom. The molecule has 1 heterocycles. The largest absolute Gasteiger partial charge is 0.483 e. The van der Waals surface area contributed by atoms with E-state index >= 15 is 0 Å². The van der Waals surface area contributed by atoms with Crippen molar-refractivity contribution in [2.24, 2.45) is 0 Å². The van der Waals surface area contributed by atoms with Crippen molar-refractivity contribution in [1.82, 2.24) is 14.8 Å². The summed E-state index contributed by atoms with van der Waals surface area (Å²) in [6, 6.07) is 14.4. The second-order valence-electron chi connectivity index (χ2n) is 6.27. The molecule has 0 spiro atoms. The molecule has 156 valence electrons. The predicted molar refractivity (Wildman–Crippen MR) is 122 cm³/mol. The Kier molecular flexibility index (Phi) is 7.79. The highest BCUT2D eigenvalue weighted by atomic mass is 35.5. The van der Waals surface area contributed by atoms with E-state index in [2.05, 4.69) is 22.1 Å². The minimum Gasteiger partial charge on any atom is -0.483 e. The predicted octanol–water partition coefficient (Wildman–Crippen LogP) is 5.64. The van der Waals surface area contributed by atoms with Crippen LogP contribution >= 0.6 is 35.0 Å². The van der Waals surface area contributed by atoms with Crippen LogP contribution in [-0.2, 0) is 11.3 Å². The highest BCUT2D eigenvalue weighted by Crippen LogP contribution is 2.27. The Labute approximate surface area is 189 Å². The molecule has 0 bridgehead atoms. The van der Waals surface area contributed by atoms with Crippen LogP contribution in [0.1, 0.15) is 18.9 Å². The summed E-state index contributed by atoms with van der Waals surface area (Å²) in [6.07, 6.45) is 1.42. The van der Waals surface area contributed by atoms with Gasteiger partial charge >= 0.3 is 0 Å². The van der Waals surface area contributed by atoms with Crippen molar-refractivity contribution >= 4 is 46.6 Å². The number of anilines is 1. The zero-order chi connectivity index (χ0) is 21.5. The molecule has 9 heteroatoms. The van der Waals surface area contributed by atoms with Crippen LogP contribution < -0.4 is 10.1 Å². The van der Waals surface area contributed by atoms with E-state index in [-0.39, 0.29) is 17.8 Å². The Bertz CT molecular complexity index is 1030. The number of hydrogen-bond donors (Lipinski definition) is 1. The first-order valence-electron chi connectivity index (χ1n) is 9.11. The fourth-order valence-corrected chi connectivity index (χ4v) is 3.77. The lowest BCUT2D eigenvalue weighted by atomic mass is 10.3. The molecule has 3 rings (SSSR count). The maximum absolute atomic E-state index is 12.4. The number of ether oxygens (including phenoxy) is 1. The van der Waals surface area contributed by atoms with Gasteiger partial charge in [0.1, 0.15) is 5.75 Å². The first-order chi connectivity index (χ1) is 14.5. The topological polar surface area (TPSA) is 69.0 Å². The third kappa shape index (κ3) is 5.78. The molecule has 0 aliphatic heterocycles. The highest BCUT2D eigenvalue weighted by molar-refractivity contribution is 7.99. The molecule has 1 unspecified atom stereocenters. The molecule has 0 saturated heterocycles. The van der Waals surface area contributed by atoms with Crippen LogP contribution in [-0.4, -0.2) is 26.4 Å². The molecule has 1 aromatic heterocycles. The van der Waals surface area contributed by atoms with Gasteiger partial charge in [-0.15, -0.1) is 16.8 Å². The van der Waals surface area contributed by atoms with E-state index in [1.165, 1.54) is 11.8 Å². The van der Waals surface area contributed by atoms with Crippen molar-refractivity contribution in [3.05, 3.63) is 77.1 Å². The molecule has 2 aromatic carbocycles. The molecular weight excluding hydrogens is 443 g/mol. The average Bonchev–Trinajstić information content (AvgIpc) is 3.13. The van der Waals surface area contributed by atoms with Gasteiger partial charge in [-0.05, 0) is 37.3 Å². The summed E-state index contributed by atoms with van der Waals surface area (Å²) in [6.45, 7) is 6.19. The normalized spacial score (nSPS) is 11.7. The third-order valence-electron chi connectivity index (χ3n) is 4.01. The second kappa shape index (κ2) is 10.5. The number of amides is 1. The number of thioether (sulfide) groups is 1. The van der Waals surface area contributed by atoms with Crippen LogP contribution in [0, 0.1) is 0 Å². The monoisotopic (exact) mass is 462 g/mol. The van der Waals surface area contributed by atoms with E-state index in [0.717, 1.165) is 5.75 Å². The zero-order valence-corrected chi connectivity index (χ0v) is 18.5. The molecule has 1 N–H and O–H groups in total. The molecule has 0 saturated carbocycles. The van der Waals surface area contributed by atoms with Crippen LogP contribution in [0.5, 0.6) is 5.75 Å². The van der Waals surface area contributed by atoms with Gasteiger partial charge < -0.3 is 10.1 Å². The lowest BCUT2D eigenvalue weighted by Gasteiger charge is -2.15. The number of hydrogen-bond acceptors (Lipinski definition) is 5. The standard InChI is InChI=1S/C21H20Cl2N4O2S/c1-3-11-27-20(14(2)29-16-7-5-4-6-8-16)25-26-21(27)30-13-19(28)24-18-12-15(22)9-10-17(18)23/h3-10,12,14H,1,11,13H2,2H3,(H,24,28). The van der Waals surface area contributed by atoms with E-state index in [1.54, 1.807) is 24.3 Å². The summed E-state index contributed by atoms with van der Waals surface area (Å²) in [4.78, 5) is 12.4. The number of nitrogens with zero attached hydrogens (tertiary/aromatic N) is 3. The molecule has 0 aliphatic rings. The van der Waals surface area contributed by atoms with Gasteiger partial charge in [0, 0.05) is 11.6 Å². The molecule has 1 atom stereocenters. The third-order valence-corrected chi connectivity index (χ3v) is 5.54. The molecule has 30 heavy (non-hydrogen) atoms. The molecule has 0 aliphatic carbocycles. The number of aromatic nitrogens is 3. The van der Waals surface area contributed by atoms with Crippen molar-refractivity contribution in [2.45, 2.75) is 24.7 Å². The number of carbonyl (C=O) groups excluding carboxylic acids is 1. The minimum atomic E-state index is -0.326. The highest BCUT2D eigenvalue weighted by Gasteiger charge is 2.20. The Morgan fingerprint density at radius 1 is 1.27 bits per heavy atom. The number of allylic oxidation sites excluding steroid dienone is 1. The van der Waals surface area contributed by atoms with E-state index in [4.69, 9.17) is 27.9 Å². The van der Waals surface area contributed by atoms with Gasteiger partial charge in [-0.1, -0.05) is 59.2 Å². The number of halogens is 2. The van der Waals surface area contributed by atoms with Crippen molar-refractivity contribution in [3.8, 4) is 5.75 Å². The van der Waals surface area contributed by atoms with Gasteiger partial charge in [-0.3, -0.25) is 9.36 Å². The second-order valence-corrected chi connectivity index (χ2v) is 8.06. The molecule has 1 amide bonds. The van der Waals surface area contributed by atoms with Crippen molar-refractivity contribution in [3.63, 3.8) is 0 Å². The summed E-state index contributed by atoms with van der Waals surface area (Å²) in [5.74, 6) is 1.30. The molecule has 0 radical (unpaired) electrons. The van der Waals surface area contributed by atoms with Crippen molar-refractivity contribution in [1.29, 1.82) is 0 Å². The number of rotatable bonds is 9. The number of para-hydroxylation sites is 1. The summed E-state index contributed by atoms with van der Waals surface area (Å²) in [7, 11) is 0. The average molecular weight is 463 g/mol. The van der Waals surface area contributed by atoms with Gasteiger partial charge in [0.05, 0.1) is 16.5 Å². The van der Waals surface area contributed by atoms with Gasteiger partial charge in [-0.25, -0.2) is 0 Å². The van der Waals surface area contributed by atoms with Crippen molar-refractivity contribution < 1.29 is 9.53 Å². The van der Waals surface area contributed by atoms with Crippen LogP contribution in [0.4, 0.5) is 5.69 Å². The quantitative estimate of drug-likeness (QED) is 0.329. The van der Waals surface area contributed by atoms with Crippen LogP contribution in [0.25, 0.3) is 0 Å². The molecule has 3 aromatic rings. The smallest absolute Gasteiger partial charge is 0.234 e. The van der Waals surface area contributed by atoms with Gasteiger partial charge in [0.25, 0.3) is 0 Å². The maximum atomic E-state index is 12.4. The maximum Gasteiger partial charge on any atom is 0.234 e. The Morgan fingerprint density at radius 3 is 2.77 bits per heavy atom. The summed E-state index contributed by atoms with van der Waals surface area (Å²) in [5, 5.41) is 12.8. The Balaban J connectivity index is 1.67. The lowest BCUT2D eigenvalue weighted by Crippen LogP contribution is -2.15. The van der Waals surface area contributed by atoms with Crippen LogP contribution in [0.2, 0.25) is 10.0 Å². The number of carbonyl (C=O) groups is 1. The van der Waals surface area contributed by atoms with Gasteiger partial charge in [0.15, 0.2) is 17.1 Å². The van der Waals surface area contributed by atoms with E-state index in [9.17, 15) is 4.79 Å². The first-order valence-corrected chi connectivity index (χ1v) is 10.9. The summed E-state index contributed by atoms with van der Waals surface area (Å²) >= 11 is 13.3. The van der Waals surface area contributed by atoms with E-state index in [1.807, 2.05) is 41.8 Å². The van der Waals surface area contributed by atoms with E-state index < -0.39 is 0 Å². The molecular formula is C21H20Cl2N4O2S. The van der Waals surface area contributed by atoms with Gasteiger partial charge in [-0.2, -0.15) is 0 Å². The first kappa shape index (κ1) is 22.2. The zero-order valence-electron chi connectivity index (χ0n) is 16.2. The number of benzene rings is 2. The fourth-order valence-electron chi connectivity index (χ4n) is 2.67. The Hall–Kier alpha value is -2.48. The van der Waals surface area contributed by atoms with Crippen LogP contribution in [0.3, 0.4) is 0 Å². The van der Waals surface area contributed by atoms with Gasteiger partial charge in [0.2, 0.25) is 5.91 Å². The van der Waals surface area contributed by atoms with Crippen LogP contribution in [0.15, 0.2) is 66.3 Å². The summed E-state index contributed by atoms with van der Waals surface area (Å²) < 4.78 is 7.84. The van der Waals surface area contributed by atoms with Crippen molar-refractivity contribution in [2.75, 3.05) is 11.1 Å².